The molecule has 0 unspecified atom stereocenters. The van der Waals surface area contributed by atoms with Crippen LogP contribution in [0.5, 0.6) is 0 Å². The number of aliphatic carboxylic acids is 1. The number of rotatable bonds is 8. The number of methoxy groups -OCH3 is 1. The summed E-state index contributed by atoms with van der Waals surface area (Å²) in [5.41, 5.74) is 0.411. The number of hydrogen-bond acceptors (Lipinski definition) is 5. The molecular formula is C40H69NO5. The Balaban J connectivity index is 1.57. The van der Waals surface area contributed by atoms with E-state index in [1.165, 1.54) is 0 Å². The van der Waals surface area contributed by atoms with Crippen molar-refractivity contribution in [2.24, 2.45) is 62.1 Å². The summed E-state index contributed by atoms with van der Waals surface area (Å²) in [5.74, 6) is 0.573. The number of carboxylic acids is 1. The molecule has 6 nitrogen and oxygen atoms in total. The van der Waals surface area contributed by atoms with Crippen LogP contribution in [0.25, 0.3) is 0 Å². The van der Waals surface area contributed by atoms with Gasteiger partial charge in [0.1, 0.15) is 0 Å². The summed E-state index contributed by atoms with van der Waals surface area (Å²) >= 11 is 0. The van der Waals surface area contributed by atoms with E-state index in [2.05, 4.69) is 94.5 Å². The Morgan fingerprint density at radius 2 is 1.74 bits per heavy atom. The molecule has 5 rings (SSSR count). The van der Waals surface area contributed by atoms with E-state index in [0.717, 1.165) is 38.5 Å². The van der Waals surface area contributed by atoms with Crippen LogP contribution in [-0.2, 0) is 19.0 Å². The van der Waals surface area contributed by atoms with Gasteiger partial charge in [0.2, 0.25) is 0 Å². The zero-order valence-corrected chi connectivity index (χ0v) is 31.9. The highest BCUT2D eigenvalue weighted by Crippen LogP contribution is 2.75. The van der Waals surface area contributed by atoms with Crippen molar-refractivity contribution in [2.75, 3.05) is 27.4 Å². The number of carbonyl (C=O) groups is 1. The molecule has 4 aliphatic carbocycles. The minimum absolute atomic E-state index is 0.0190. The lowest BCUT2D eigenvalue weighted by molar-refractivity contribution is -0.289. The van der Waals surface area contributed by atoms with Gasteiger partial charge in [0, 0.05) is 23.5 Å². The van der Waals surface area contributed by atoms with E-state index in [4.69, 9.17) is 14.2 Å². The number of allylic oxidation sites excluding steroid dienone is 1. The van der Waals surface area contributed by atoms with Gasteiger partial charge in [-0.05, 0) is 105 Å². The van der Waals surface area contributed by atoms with Crippen LogP contribution in [0, 0.1) is 62.1 Å². The van der Waals surface area contributed by atoms with Crippen LogP contribution in [0.3, 0.4) is 0 Å². The zero-order chi connectivity index (χ0) is 34.5. The summed E-state index contributed by atoms with van der Waals surface area (Å²) < 4.78 is 20.3. The summed E-state index contributed by atoms with van der Waals surface area (Å²) in [6.07, 6.45) is 8.48. The van der Waals surface area contributed by atoms with Crippen molar-refractivity contribution in [3.8, 4) is 0 Å². The van der Waals surface area contributed by atoms with Crippen molar-refractivity contribution in [2.45, 2.75) is 145 Å². The minimum atomic E-state index is -0.602. The molecule has 46 heavy (non-hydrogen) atoms. The van der Waals surface area contributed by atoms with Gasteiger partial charge in [-0.25, -0.2) is 0 Å². The Morgan fingerprint density at radius 3 is 2.28 bits per heavy atom. The Kier molecular flexibility index (Phi) is 9.13. The summed E-state index contributed by atoms with van der Waals surface area (Å²) in [6, 6.07) is 0. The van der Waals surface area contributed by atoms with E-state index in [1.54, 1.807) is 5.57 Å². The van der Waals surface area contributed by atoms with Gasteiger partial charge in [0.05, 0.1) is 37.4 Å². The van der Waals surface area contributed by atoms with Crippen molar-refractivity contribution in [1.82, 2.24) is 5.32 Å². The van der Waals surface area contributed by atoms with Crippen LogP contribution in [-0.4, -0.2) is 62.3 Å². The fraction of sp³-hybridized carbons (Fsp3) is 0.925. The van der Waals surface area contributed by atoms with Gasteiger partial charge >= 0.3 is 5.97 Å². The predicted octanol–water partition coefficient (Wildman–Crippen LogP) is 8.39. The number of nitrogens with one attached hydrogen (secondary N) is 1. The van der Waals surface area contributed by atoms with Gasteiger partial charge in [-0.15, -0.1) is 0 Å². The number of ether oxygens (including phenoxy) is 3. The highest BCUT2D eigenvalue weighted by Gasteiger charge is 2.73. The Hall–Kier alpha value is -0.950. The summed E-state index contributed by atoms with van der Waals surface area (Å²) in [6.45, 7) is 29.0. The first-order chi connectivity index (χ1) is 21.1. The molecule has 1 saturated heterocycles. The summed E-state index contributed by atoms with van der Waals surface area (Å²) in [5, 5.41) is 14.6. The third kappa shape index (κ3) is 4.72. The lowest BCUT2D eigenvalue weighted by Crippen LogP contribution is -2.72. The number of fused-ring (bicyclic) bond motifs is 3. The van der Waals surface area contributed by atoms with E-state index < -0.39 is 5.97 Å². The van der Waals surface area contributed by atoms with Crippen LogP contribution < -0.4 is 5.32 Å². The van der Waals surface area contributed by atoms with Crippen molar-refractivity contribution in [3.05, 3.63) is 11.6 Å². The molecule has 13 atom stereocenters. The molecule has 264 valence electrons. The maximum Gasteiger partial charge on any atom is 0.307 e. The number of hydrogen-bond donors (Lipinski definition) is 2. The van der Waals surface area contributed by atoms with Gasteiger partial charge in [0.15, 0.2) is 0 Å². The van der Waals surface area contributed by atoms with E-state index in [0.29, 0.717) is 36.9 Å². The monoisotopic (exact) mass is 644 g/mol. The van der Waals surface area contributed by atoms with Crippen molar-refractivity contribution in [3.63, 3.8) is 0 Å². The minimum Gasteiger partial charge on any atom is -0.481 e. The molecule has 2 bridgehead atoms. The first kappa shape index (κ1) is 36.3. The molecule has 2 N–H and O–H groups in total. The van der Waals surface area contributed by atoms with Gasteiger partial charge < -0.3 is 24.6 Å². The number of carboxylic acid groups (broad SMARTS) is 1. The fourth-order valence-electron chi connectivity index (χ4n) is 12.3. The quantitative estimate of drug-likeness (QED) is 0.259. The van der Waals surface area contributed by atoms with E-state index in [9.17, 15) is 9.90 Å². The van der Waals surface area contributed by atoms with E-state index in [-0.39, 0.29) is 62.3 Å². The first-order valence-corrected chi connectivity index (χ1v) is 18.5. The first-order valence-electron chi connectivity index (χ1n) is 18.5. The third-order valence-corrected chi connectivity index (χ3v) is 16.6. The molecular weight excluding hydrogens is 574 g/mol. The number of likely N-dealkylation sites (N-methyl/N-ethyl adjacent to an activating group) is 1. The predicted molar refractivity (Wildman–Crippen MR) is 186 cm³/mol. The molecule has 4 fully saturated rings. The van der Waals surface area contributed by atoms with E-state index >= 15 is 0 Å². The van der Waals surface area contributed by atoms with Gasteiger partial charge in [-0.1, -0.05) is 80.9 Å². The lowest BCUT2D eigenvalue weighted by atomic mass is 9.34. The topological polar surface area (TPSA) is 77.0 Å². The normalized spacial score (nSPS) is 47.6. The highest BCUT2D eigenvalue weighted by molar-refractivity contribution is 5.73. The molecule has 0 amide bonds. The van der Waals surface area contributed by atoms with Crippen LogP contribution in [0.2, 0.25) is 0 Å². The molecule has 0 aromatic carbocycles. The molecule has 0 spiro atoms. The second-order valence-electron chi connectivity index (χ2n) is 19.2. The molecule has 0 aromatic rings. The molecule has 1 heterocycles. The van der Waals surface area contributed by atoms with Crippen molar-refractivity contribution < 1.29 is 24.1 Å². The molecule has 3 saturated carbocycles. The fourth-order valence-corrected chi connectivity index (χ4v) is 12.3. The van der Waals surface area contributed by atoms with Gasteiger partial charge in [0.25, 0.3) is 0 Å². The Bertz CT molecular complexity index is 1210. The Morgan fingerprint density at radius 1 is 1.09 bits per heavy atom. The molecule has 6 heteroatoms. The van der Waals surface area contributed by atoms with E-state index in [1.807, 2.05) is 14.2 Å². The van der Waals surface area contributed by atoms with Crippen LogP contribution in [0.1, 0.15) is 122 Å². The second kappa shape index (κ2) is 11.6. The lowest BCUT2D eigenvalue weighted by Gasteiger charge is -2.72. The van der Waals surface area contributed by atoms with Crippen LogP contribution >= 0.6 is 0 Å². The molecule has 5 aliphatic rings. The average molecular weight is 644 g/mol. The summed E-state index contributed by atoms with van der Waals surface area (Å²) in [7, 11) is 3.91. The van der Waals surface area contributed by atoms with Crippen LogP contribution in [0.4, 0.5) is 0 Å². The second-order valence-corrected chi connectivity index (χ2v) is 19.2. The third-order valence-electron chi connectivity index (χ3n) is 16.6. The smallest absolute Gasteiger partial charge is 0.307 e. The Labute approximate surface area is 281 Å². The maximum absolute atomic E-state index is 13.4. The average Bonchev–Trinajstić information content (AvgIpc) is 2.97. The molecule has 0 radical (unpaired) electrons. The molecule has 1 aliphatic heterocycles. The van der Waals surface area contributed by atoms with Gasteiger partial charge in [-0.3, -0.25) is 4.79 Å². The van der Waals surface area contributed by atoms with Crippen LogP contribution in [0.15, 0.2) is 11.6 Å². The maximum atomic E-state index is 13.4. The highest BCUT2D eigenvalue weighted by atomic mass is 16.5. The zero-order valence-electron chi connectivity index (χ0n) is 31.9. The standard InChI is InChI=1S/C40H69NO5/c1-24(2)25(3)35(8)19-20-37(10)27-15-16-30-36(9)22-45-26(4)40(30,28(27)17-18-38(37,11)31(35)33(42)43)21-29(44-14)32(36)46-23-39(12,41-13)34(5,6)7/h17,24-27,29-32,41H,15-16,18-23H2,1-14H3,(H,42,43)/t25-,26+,27+,29-,30+,31-,32+,35-,36-,37-,38+,39+,40+/m1/s1. The molecule has 0 aromatic heterocycles. The summed E-state index contributed by atoms with van der Waals surface area (Å²) in [4.78, 5) is 13.4. The SMILES string of the molecule is CN[C@@](C)(CO[C@H]1[C@H](OC)C[C@]23C4=CC[C@@]5(C)[C@H](C(=O)O)[C@@](C)([C@H](C)C(C)C)CC[C@]5(C)[C@H]4CC[C@H]2[C@@]1(C)CO[C@H]3C)C(C)(C)C. The van der Waals surface area contributed by atoms with Crippen molar-refractivity contribution in [1.29, 1.82) is 0 Å². The van der Waals surface area contributed by atoms with Gasteiger partial charge in [-0.2, -0.15) is 0 Å². The van der Waals surface area contributed by atoms with Crippen molar-refractivity contribution >= 4 is 5.97 Å². The largest absolute Gasteiger partial charge is 0.481 e.